The van der Waals surface area contributed by atoms with Gasteiger partial charge in [0.15, 0.2) is 11.9 Å². The van der Waals surface area contributed by atoms with Crippen LogP contribution in [0.1, 0.15) is 21.6 Å². The van der Waals surface area contributed by atoms with E-state index in [9.17, 15) is 14.7 Å². The number of aryl methyl sites for hydroxylation is 1. The first-order chi connectivity index (χ1) is 16.9. The lowest BCUT2D eigenvalue weighted by molar-refractivity contribution is -0.136. The van der Waals surface area contributed by atoms with Crippen molar-refractivity contribution in [2.75, 3.05) is 25.1 Å². The molecule has 0 radical (unpaired) electrons. The summed E-state index contributed by atoms with van der Waals surface area (Å²) in [4.78, 5) is 35.0. The van der Waals surface area contributed by atoms with Gasteiger partial charge in [-0.1, -0.05) is 12.1 Å². The molecule has 35 heavy (non-hydrogen) atoms. The van der Waals surface area contributed by atoms with Gasteiger partial charge in [0.05, 0.1) is 18.5 Å². The van der Waals surface area contributed by atoms with Crippen LogP contribution < -0.4 is 14.4 Å². The molecule has 0 saturated carbocycles. The van der Waals surface area contributed by atoms with E-state index in [1.807, 2.05) is 31.0 Å². The van der Waals surface area contributed by atoms with Gasteiger partial charge in [-0.25, -0.2) is 9.97 Å². The highest BCUT2D eigenvalue weighted by Crippen LogP contribution is 2.28. The number of carboxylic acids is 1. The Bertz CT molecular complexity index is 1410. The largest absolute Gasteiger partial charge is 0.490 e. The fourth-order valence-corrected chi connectivity index (χ4v) is 4.36. The number of rotatable bonds is 6. The first-order valence-corrected chi connectivity index (χ1v) is 11.2. The number of anilines is 1. The summed E-state index contributed by atoms with van der Waals surface area (Å²) >= 11 is 0. The van der Waals surface area contributed by atoms with E-state index in [4.69, 9.17) is 9.47 Å². The second kappa shape index (κ2) is 9.09. The Balaban J connectivity index is 1.30. The lowest BCUT2D eigenvalue weighted by Crippen LogP contribution is -2.42. The molecule has 0 spiro atoms. The third-order valence-corrected chi connectivity index (χ3v) is 5.97. The summed E-state index contributed by atoms with van der Waals surface area (Å²) in [6.07, 6.45) is 2.92. The van der Waals surface area contributed by atoms with Crippen molar-refractivity contribution in [1.29, 1.82) is 0 Å². The van der Waals surface area contributed by atoms with Gasteiger partial charge in [-0.15, -0.1) is 0 Å². The summed E-state index contributed by atoms with van der Waals surface area (Å²) in [5.74, 6) is 0.706. The van der Waals surface area contributed by atoms with E-state index >= 15 is 0 Å². The molecule has 0 amide bonds. The number of nitrogens with zero attached hydrogens (tertiary/aromatic N) is 4. The molecule has 9 heteroatoms. The van der Waals surface area contributed by atoms with Crippen molar-refractivity contribution in [2.24, 2.45) is 0 Å². The topological polar surface area (TPSA) is 107 Å². The number of benzene rings is 2. The van der Waals surface area contributed by atoms with Crippen LogP contribution in [-0.2, 0) is 11.2 Å². The van der Waals surface area contributed by atoms with Crippen LogP contribution >= 0.6 is 0 Å². The van der Waals surface area contributed by atoms with E-state index in [2.05, 4.69) is 9.97 Å². The Labute approximate surface area is 201 Å². The Morgan fingerprint density at radius 1 is 1.14 bits per heavy atom. The molecule has 2 aromatic carbocycles. The van der Waals surface area contributed by atoms with Gasteiger partial charge in [-0.3, -0.25) is 14.2 Å². The van der Waals surface area contributed by atoms with Crippen LogP contribution in [0.5, 0.6) is 11.6 Å². The van der Waals surface area contributed by atoms with Gasteiger partial charge in [0.1, 0.15) is 12.4 Å². The molecule has 178 valence electrons. The third-order valence-electron chi connectivity index (χ3n) is 5.97. The number of likely N-dealkylation sites (N-methyl/N-ethyl adjacent to an activating group) is 1. The first-order valence-electron chi connectivity index (χ1n) is 11.2. The summed E-state index contributed by atoms with van der Waals surface area (Å²) in [6.45, 7) is 2.77. The summed E-state index contributed by atoms with van der Waals surface area (Å²) in [7, 11) is 1.93. The first kappa shape index (κ1) is 22.4. The maximum atomic E-state index is 13.3. The molecule has 5 rings (SSSR count). The van der Waals surface area contributed by atoms with Crippen molar-refractivity contribution in [1.82, 2.24) is 14.5 Å². The molecular formula is C26H24N4O5. The van der Waals surface area contributed by atoms with Gasteiger partial charge in [-0.05, 0) is 48.9 Å². The molecule has 1 N–H and O–H groups in total. The molecule has 1 aliphatic rings. The molecule has 0 saturated heterocycles. The fourth-order valence-electron chi connectivity index (χ4n) is 4.36. The van der Waals surface area contributed by atoms with E-state index in [0.29, 0.717) is 47.2 Å². The summed E-state index contributed by atoms with van der Waals surface area (Å²) in [5, 5.41) is 9.97. The minimum atomic E-state index is -0.910. The molecule has 1 unspecified atom stereocenters. The number of hydrogen-bond acceptors (Lipinski definition) is 7. The SMILES string of the molecule is Cc1cc2c(CC(=O)O)cccc2n1C(=O)c1ccc(OCC2CN(C)c3nccnc3O2)cc1. The predicted molar refractivity (Wildman–Crippen MR) is 129 cm³/mol. The monoisotopic (exact) mass is 472 g/mol. The molecule has 0 aliphatic carbocycles. The van der Waals surface area contributed by atoms with Crippen molar-refractivity contribution >= 4 is 28.6 Å². The number of fused-ring (bicyclic) bond motifs is 2. The molecule has 4 aromatic rings. The highest BCUT2D eigenvalue weighted by atomic mass is 16.5. The van der Waals surface area contributed by atoms with Crippen molar-refractivity contribution < 1.29 is 24.2 Å². The van der Waals surface area contributed by atoms with Gasteiger partial charge in [0.25, 0.3) is 11.8 Å². The maximum absolute atomic E-state index is 13.3. The lowest BCUT2D eigenvalue weighted by Gasteiger charge is -2.31. The van der Waals surface area contributed by atoms with Gasteiger partial charge in [0, 0.05) is 36.1 Å². The van der Waals surface area contributed by atoms with E-state index < -0.39 is 5.97 Å². The van der Waals surface area contributed by atoms with Crippen molar-refractivity contribution in [2.45, 2.75) is 19.4 Å². The van der Waals surface area contributed by atoms with Gasteiger partial charge < -0.3 is 19.5 Å². The molecule has 1 atom stereocenters. The lowest BCUT2D eigenvalue weighted by atomic mass is 10.1. The number of ether oxygens (including phenoxy) is 2. The Morgan fingerprint density at radius 3 is 2.69 bits per heavy atom. The zero-order chi connectivity index (χ0) is 24.5. The molecule has 2 aromatic heterocycles. The smallest absolute Gasteiger partial charge is 0.307 e. The van der Waals surface area contributed by atoms with Crippen LogP contribution in [-0.4, -0.2) is 57.8 Å². The van der Waals surface area contributed by atoms with E-state index in [1.165, 1.54) is 0 Å². The fraction of sp³-hybridized carbons (Fsp3) is 0.231. The van der Waals surface area contributed by atoms with E-state index in [0.717, 1.165) is 11.1 Å². The number of carbonyl (C=O) groups excluding carboxylic acids is 1. The molecule has 0 fully saturated rings. The Hall–Kier alpha value is -4.40. The van der Waals surface area contributed by atoms with Gasteiger partial charge >= 0.3 is 5.97 Å². The predicted octanol–water partition coefficient (Wildman–Crippen LogP) is 3.33. The van der Waals surface area contributed by atoms with Crippen molar-refractivity contribution in [3.63, 3.8) is 0 Å². The summed E-state index contributed by atoms with van der Waals surface area (Å²) in [6, 6.07) is 14.2. The quantitative estimate of drug-likeness (QED) is 0.455. The van der Waals surface area contributed by atoms with Crippen LogP contribution in [0.3, 0.4) is 0 Å². The molecule has 1 aliphatic heterocycles. The Kier molecular flexibility index (Phi) is 5.82. The number of hydrogen-bond donors (Lipinski definition) is 1. The summed E-state index contributed by atoms with van der Waals surface area (Å²) in [5.41, 5.74) is 2.61. The van der Waals surface area contributed by atoms with Crippen LogP contribution in [0.2, 0.25) is 0 Å². The average molecular weight is 473 g/mol. The average Bonchev–Trinajstić information content (AvgIpc) is 3.19. The van der Waals surface area contributed by atoms with Crippen molar-refractivity contribution in [3.05, 3.63) is 77.7 Å². The molecule has 0 bridgehead atoms. The van der Waals surface area contributed by atoms with Crippen molar-refractivity contribution in [3.8, 4) is 11.6 Å². The second-order valence-corrected chi connectivity index (χ2v) is 8.49. The number of carboxylic acid groups (broad SMARTS) is 1. The van der Waals surface area contributed by atoms with E-state index in [1.54, 1.807) is 53.4 Å². The Morgan fingerprint density at radius 2 is 1.91 bits per heavy atom. The minimum absolute atomic E-state index is 0.0975. The molecular weight excluding hydrogens is 448 g/mol. The number of aromatic nitrogens is 3. The maximum Gasteiger partial charge on any atom is 0.307 e. The van der Waals surface area contributed by atoms with Crippen LogP contribution in [0, 0.1) is 6.92 Å². The normalized spacial score (nSPS) is 14.9. The number of aliphatic carboxylic acids is 1. The third kappa shape index (κ3) is 4.40. The zero-order valence-corrected chi connectivity index (χ0v) is 19.3. The molecule has 9 nitrogen and oxygen atoms in total. The second-order valence-electron chi connectivity index (χ2n) is 8.49. The molecule has 3 heterocycles. The van der Waals surface area contributed by atoms with Gasteiger partial charge in [-0.2, -0.15) is 0 Å². The van der Waals surface area contributed by atoms with E-state index in [-0.39, 0.29) is 18.4 Å². The van der Waals surface area contributed by atoms with Crippen LogP contribution in [0.25, 0.3) is 10.9 Å². The standard InChI is InChI=1S/C26H24N4O5/c1-16-12-21-18(13-23(31)32)4-3-5-22(21)30(16)26(33)17-6-8-19(9-7-17)34-15-20-14-29(2)24-25(35-20)28-11-10-27-24/h3-12,20H,13-15H2,1-2H3,(H,31,32). The summed E-state index contributed by atoms with van der Waals surface area (Å²) < 4.78 is 13.4. The highest BCUT2D eigenvalue weighted by Gasteiger charge is 2.26. The minimum Gasteiger partial charge on any atom is -0.490 e. The van der Waals surface area contributed by atoms with Gasteiger partial charge in [0.2, 0.25) is 0 Å². The number of carbonyl (C=O) groups is 2. The zero-order valence-electron chi connectivity index (χ0n) is 19.3. The van der Waals surface area contributed by atoms with Crippen LogP contribution in [0.15, 0.2) is 60.9 Å². The van der Waals surface area contributed by atoms with Crippen LogP contribution in [0.4, 0.5) is 5.82 Å². The highest BCUT2D eigenvalue weighted by molar-refractivity contribution is 6.04.